The van der Waals surface area contributed by atoms with Crippen LogP contribution in [0.2, 0.25) is 0 Å². The van der Waals surface area contributed by atoms with E-state index in [0.29, 0.717) is 30.4 Å². The molecule has 1 aromatic carbocycles. The molecule has 0 bridgehead atoms. The van der Waals surface area contributed by atoms with Crippen molar-refractivity contribution < 1.29 is 9.59 Å². The molecule has 1 aliphatic heterocycles. The summed E-state index contributed by atoms with van der Waals surface area (Å²) in [6.07, 6.45) is 5.66. The fraction of sp³-hybridized carbons (Fsp3) is 0.600. The zero-order chi connectivity index (χ0) is 17.8. The average molecular weight is 343 g/mol. The Morgan fingerprint density at radius 3 is 2.68 bits per heavy atom. The van der Waals surface area contributed by atoms with Crippen LogP contribution in [0, 0.1) is 5.92 Å². The number of carbonyl (C=O) groups excluding carboxylic acids is 2. The number of hydrogen-bond acceptors (Lipinski definition) is 3. The van der Waals surface area contributed by atoms with Gasteiger partial charge < -0.3 is 10.2 Å². The Bertz CT molecular complexity index is 625. The van der Waals surface area contributed by atoms with Crippen LogP contribution >= 0.6 is 0 Å². The smallest absolute Gasteiger partial charge is 0.251 e. The molecule has 2 fully saturated rings. The Morgan fingerprint density at radius 2 is 1.96 bits per heavy atom. The summed E-state index contributed by atoms with van der Waals surface area (Å²) in [5.41, 5.74) is 1.77. The number of rotatable bonds is 4. The molecule has 25 heavy (non-hydrogen) atoms. The predicted molar refractivity (Wildman–Crippen MR) is 98.4 cm³/mol. The Morgan fingerprint density at radius 1 is 1.20 bits per heavy atom. The lowest BCUT2D eigenvalue weighted by Gasteiger charge is -2.40. The Hall–Kier alpha value is -1.88. The number of hydrogen-bond donors (Lipinski definition) is 1. The van der Waals surface area contributed by atoms with Crippen LogP contribution in [0.3, 0.4) is 0 Å². The van der Waals surface area contributed by atoms with Gasteiger partial charge in [-0.15, -0.1) is 0 Å². The highest BCUT2D eigenvalue weighted by Crippen LogP contribution is 2.30. The van der Waals surface area contributed by atoms with Crippen LogP contribution in [0.15, 0.2) is 24.3 Å². The van der Waals surface area contributed by atoms with E-state index in [1.807, 2.05) is 23.1 Å². The quantitative estimate of drug-likeness (QED) is 0.914. The molecule has 0 spiro atoms. The van der Waals surface area contributed by atoms with Gasteiger partial charge in [-0.2, -0.15) is 0 Å². The highest BCUT2D eigenvalue weighted by molar-refractivity contribution is 5.94. The van der Waals surface area contributed by atoms with Gasteiger partial charge in [-0.05, 0) is 43.5 Å². The predicted octanol–water partition coefficient (Wildman–Crippen LogP) is 2.44. The second-order valence-electron chi connectivity index (χ2n) is 7.40. The van der Waals surface area contributed by atoms with Gasteiger partial charge >= 0.3 is 0 Å². The SMILES string of the molecule is CNC(=O)c1cccc([C@@H]2CN(C(=O)CC3CCCC3)CCN2C)c1. The third-order valence-corrected chi connectivity index (χ3v) is 5.70. The number of piperazine rings is 1. The summed E-state index contributed by atoms with van der Waals surface area (Å²) in [5.74, 6) is 0.809. The molecule has 0 aromatic heterocycles. The lowest BCUT2D eigenvalue weighted by Crippen LogP contribution is -2.49. The molecule has 2 amide bonds. The van der Waals surface area contributed by atoms with Crippen molar-refractivity contribution in [2.45, 2.75) is 38.1 Å². The van der Waals surface area contributed by atoms with E-state index in [1.165, 1.54) is 25.7 Å². The summed E-state index contributed by atoms with van der Waals surface area (Å²) in [6, 6.07) is 7.90. The molecule has 3 rings (SSSR count). The molecule has 1 N–H and O–H groups in total. The van der Waals surface area contributed by atoms with Crippen molar-refractivity contribution in [3.63, 3.8) is 0 Å². The van der Waals surface area contributed by atoms with Gasteiger partial charge in [0.15, 0.2) is 0 Å². The highest BCUT2D eigenvalue weighted by atomic mass is 16.2. The van der Waals surface area contributed by atoms with Gasteiger partial charge in [0.25, 0.3) is 5.91 Å². The first-order valence-corrected chi connectivity index (χ1v) is 9.38. The molecule has 1 atom stereocenters. The van der Waals surface area contributed by atoms with Crippen molar-refractivity contribution in [1.29, 1.82) is 0 Å². The number of nitrogens with one attached hydrogen (secondary N) is 1. The molecule has 5 nitrogen and oxygen atoms in total. The molecule has 5 heteroatoms. The number of benzene rings is 1. The third kappa shape index (κ3) is 4.21. The highest BCUT2D eigenvalue weighted by Gasteiger charge is 2.30. The van der Waals surface area contributed by atoms with Crippen molar-refractivity contribution in [3.05, 3.63) is 35.4 Å². The van der Waals surface area contributed by atoms with E-state index >= 15 is 0 Å². The summed E-state index contributed by atoms with van der Waals surface area (Å²) in [6.45, 7) is 2.37. The van der Waals surface area contributed by atoms with Crippen molar-refractivity contribution in [3.8, 4) is 0 Å². The summed E-state index contributed by atoms with van der Waals surface area (Å²) in [5, 5.41) is 2.67. The van der Waals surface area contributed by atoms with Gasteiger partial charge in [0, 0.05) is 38.7 Å². The molecule has 1 saturated carbocycles. The van der Waals surface area contributed by atoms with Crippen molar-refractivity contribution in [1.82, 2.24) is 15.1 Å². The summed E-state index contributed by atoms with van der Waals surface area (Å²) in [7, 11) is 3.74. The van der Waals surface area contributed by atoms with Crippen molar-refractivity contribution in [2.75, 3.05) is 33.7 Å². The van der Waals surface area contributed by atoms with E-state index < -0.39 is 0 Å². The molecule has 1 aliphatic carbocycles. The molecular weight excluding hydrogens is 314 g/mol. The minimum Gasteiger partial charge on any atom is -0.355 e. The van der Waals surface area contributed by atoms with Gasteiger partial charge in [-0.3, -0.25) is 14.5 Å². The Kier molecular flexibility index (Phi) is 5.74. The molecule has 0 unspecified atom stereocenters. The van der Waals surface area contributed by atoms with E-state index in [0.717, 1.165) is 18.7 Å². The lowest BCUT2D eigenvalue weighted by molar-refractivity contribution is -0.135. The van der Waals surface area contributed by atoms with Gasteiger partial charge in [0.1, 0.15) is 0 Å². The maximum Gasteiger partial charge on any atom is 0.251 e. The first-order chi connectivity index (χ1) is 12.1. The Labute approximate surface area is 150 Å². The lowest BCUT2D eigenvalue weighted by atomic mass is 9.98. The zero-order valence-corrected chi connectivity index (χ0v) is 15.3. The van der Waals surface area contributed by atoms with Crippen molar-refractivity contribution in [2.24, 2.45) is 5.92 Å². The summed E-state index contributed by atoms with van der Waals surface area (Å²) >= 11 is 0. The van der Waals surface area contributed by atoms with Crippen LogP contribution in [-0.4, -0.2) is 55.3 Å². The number of nitrogens with zero attached hydrogens (tertiary/aromatic N) is 2. The van der Waals surface area contributed by atoms with Crippen LogP contribution in [-0.2, 0) is 4.79 Å². The molecule has 1 heterocycles. The maximum absolute atomic E-state index is 12.7. The Balaban J connectivity index is 1.70. The molecule has 1 saturated heterocycles. The van der Waals surface area contributed by atoms with Crippen LogP contribution in [0.1, 0.15) is 54.1 Å². The standard InChI is InChI=1S/C20H29N3O2/c1-21-20(25)17-9-5-8-16(13-17)18-14-23(11-10-22(18)2)19(24)12-15-6-3-4-7-15/h5,8-9,13,15,18H,3-4,6-7,10-12,14H2,1-2H3,(H,21,25)/t18-/m0/s1. The first-order valence-electron chi connectivity index (χ1n) is 9.38. The fourth-order valence-corrected chi connectivity index (χ4v) is 4.08. The zero-order valence-electron chi connectivity index (χ0n) is 15.3. The normalized spacial score (nSPS) is 22.2. The summed E-state index contributed by atoms with van der Waals surface area (Å²) in [4.78, 5) is 28.9. The monoisotopic (exact) mass is 343 g/mol. The molecule has 2 aliphatic rings. The number of likely N-dealkylation sites (N-methyl/N-ethyl adjacent to an activating group) is 1. The molecule has 1 aromatic rings. The van der Waals surface area contributed by atoms with E-state index in [-0.39, 0.29) is 11.9 Å². The molecule has 136 valence electrons. The number of carbonyl (C=O) groups is 2. The minimum atomic E-state index is -0.0746. The van der Waals surface area contributed by atoms with Crippen LogP contribution in [0.5, 0.6) is 0 Å². The summed E-state index contributed by atoms with van der Waals surface area (Å²) < 4.78 is 0. The first kappa shape index (κ1) is 17.9. The van der Waals surface area contributed by atoms with E-state index in [2.05, 4.69) is 23.3 Å². The maximum atomic E-state index is 12.7. The minimum absolute atomic E-state index is 0.0746. The van der Waals surface area contributed by atoms with Crippen LogP contribution in [0.4, 0.5) is 0 Å². The largest absolute Gasteiger partial charge is 0.355 e. The molecule has 0 radical (unpaired) electrons. The topological polar surface area (TPSA) is 52.7 Å². The van der Waals surface area contributed by atoms with Gasteiger partial charge in [0.05, 0.1) is 6.04 Å². The van der Waals surface area contributed by atoms with E-state index in [9.17, 15) is 9.59 Å². The third-order valence-electron chi connectivity index (χ3n) is 5.70. The van der Waals surface area contributed by atoms with E-state index in [1.54, 1.807) is 7.05 Å². The van der Waals surface area contributed by atoms with Gasteiger partial charge in [-0.25, -0.2) is 0 Å². The van der Waals surface area contributed by atoms with Gasteiger partial charge in [0.2, 0.25) is 5.91 Å². The second kappa shape index (κ2) is 8.00. The van der Waals surface area contributed by atoms with Gasteiger partial charge in [-0.1, -0.05) is 25.0 Å². The van der Waals surface area contributed by atoms with Crippen LogP contribution < -0.4 is 5.32 Å². The average Bonchev–Trinajstić information content (AvgIpc) is 3.14. The van der Waals surface area contributed by atoms with Crippen LogP contribution in [0.25, 0.3) is 0 Å². The molecular formula is C20H29N3O2. The fourth-order valence-electron chi connectivity index (χ4n) is 4.08. The number of amides is 2. The van der Waals surface area contributed by atoms with Crippen molar-refractivity contribution >= 4 is 11.8 Å². The van der Waals surface area contributed by atoms with E-state index in [4.69, 9.17) is 0 Å². The second-order valence-corrected chi connectivity index (χ2v) is 7.40.